The van der Waals surface area contributed by atoms with Crippen molar-refractivity contribution in [2.75, 3.05) is 22.9 Å². The molecule has 0 bridgehead atoms. The van der Waals surface area contributed by atoms with Gasteiger partial charge in [-0.1, -0.05) is 0 Å². The lowest BCUT2D eigenvalue weighted by atomic mass is 10.1. The summed E-state index contributed by atoms with van der Waals surface area (Å²) in [6.45, 7) is 0.809. The fourth-order valence-corrected chi connectivity index (χ4v) is 3.74. The normalized spacial score (nSPS) is 13.2. The molecule has 4 nitrogen and oxygen atoms in total. The van der Waals surface area contributed by atoms with Crippen LogP contribution in [-0.4, -0.2) is 12.5 Å². The molecule has 20 heavy (non-hydrogen) atoms. The van der Waals surface area contributed by atoms with Gasteiger partial charge in [0.25, 0.3) is 0 Å². The third-order valence-electron chi connectivity index (χ3n) is 3.22. The molecule has 1 aromatic heterocycles. The van der Waals surface area contributed by atoms with Gasteiger partial charge in [-0.3, -0.25) is 4.79 Å². The zero-order valence-corrected chi connectivity index (χ0v) is 13.1. The lowest BCUT2D eigenvalue weighted by molar-refractivity contribution is -0.115. The molecule has 104 valence electrons. The molecule has 3 rings (SSSR count). The molecule has 0 radical (unpaired) electrons. The largest absolute Gasteiger partial charge is 0.397 e. The Morgan fingerprint density at radius 1 is 1.40 bits per heavy atom. The Hall–Kier alpha value is -1.53. The van der Waals surface area contributed by atoms with Gasteiger partial charge in [0.05, 0.1) is 21.6 Å². The van der Waals surface area contributed by atoms with Gasteiger partial charge in [0.15, 0.2) is 0 Å². The number of nitrogens with two attached hydrogens (primary N) is 1. The van der Waals surface area contributed by atoms with E-state index in [9.17, 15) is 4.79 Å². The van der Waals surface area contributed by atoms with Crippen molar-refractivity contribution in [1.29, 1.82) is 0 Å². The fraction of sp³-hybridized carbons (Fsp3) is 0.214. The molecule has 2 aromatic rings. The molecule has 0 unspecified atom stereocenters. The van der Waals surface area contributed by atoms with Gasteiger partial charge in [0, 0.05) is 17.1 Å². The van der Waals surface area contributed by atoms with E-state index in [0.29, 0.717) is 12.1 Å². The van der Waals surface area contributed by atoms with Gasteiger partial charge in [-0.15, -0.1) is 11.3 Å². The average Bonchev–Trinajstić information content (AvgIpc) is 2.95. The Morgan fingerprint density at radius 3 is 3.00 bits per heavy atom. The monoisotopic (exact) mass is 351 g/mol. The van der Waals surface area contributed by atoms with E-state index in [1.54, 1.807) is 11.3 Å². The van der Waals surface area contributed by atoms with Crippen LogP contribution in [0, 0.1) is 0 Å². The number of carbonyl (C=O) groups excluding carboxylic acids is 1. The number of thiophene rings is 1. The minimum absolute atomic E-state index is 0.0278. The summed E-state index contributed by atoms with van der Waals surface area (Å²) >= 11 is 5.19. The van der Waals surface area contributed by atoms with E-state index in [2.05, 4.69) is 38.7 Å². The number of nitrogens with one attached hydrogen (secondary N) is 2. The molecular weight excluding hydrogens is 338 g/mol. The Morgan fingerprint density at radius 2 is 2.25 bits per heavy atom. The molecule has 0 fully saturated rings. The van der Waals surface area contributed by atoms with Crippen molar-refractivity contribution in [2.24, 2.45) is 0 Å². The highest BCUT2D eigenvalue weighted by molar-refractivity contribution is 9.11. The number of fused-ring (bicyclic) bond motifs is 1. The Bertz CT molecular complexity index is 668. The number of amides is 1. The van der Waals surface area contributed by atoms with E-state index in [4.69, 9.17) is 5.73 Å². The summed E-state index contributed by atoms with van der Waals surface area (Å²) in [4.78, 5) is 12.7. The van der Waals surface area contributed by atoms with E-state index in [-0.39, 0.29) is 5.91 Å². The second kappa shape index (κ2) is 5.46. The van der Waals surface area contributed by atoms with Crippen LogP contribution in [-0.2, 0) is 17.6 Å². The van der Waals surface area contributed by atoms with Crippen molar-refractivity contribution in [2.45, 2.75) is 12.8 Å². The van der Waals surface area contributed by atoms with E-state index in [1.165, 1.54) is 4.88 Å². The number of halogens is 1. The van der Waals surface area contributed by atoms with Crippen molar-refractivity contribution < 1.29 is 4.79 Å². The lowest BCUT2D eigenvalue weighted by Crippen LogP contribution is -2.07. The third-order valence-corrected chi connectivity index (χ3v) is 4.90. The Balaban J connectivity index is 1.66. The van der Waals surface area contributed by atoms with Gasteiger partial charge >= 0.3 is 0 Å². The Kier molecular flexibility index (Phi) is 3.67. The first kappa shape index (κ1) is 13.5. The summed E-state index contributed by atoms with van der Waals surface area (Å²) in [5.74, 6) is 0.0278. The van der Waals surface area contributed by atoms with Crippen LogP contribution in [0.5, 0.6) is 0 Å². The highest BCUT2D eigenvalue weighted by atomic mass is 79.9. The first-order valence-electron chi connectivity index (χ1n) is 6.32. The number of anilines is 3. The van der Waals surface area contributed by atoms with Gasteiger partial charge < -0.3 is 16.4 Å². The lowest BCUT2D eigenvalue weighted by Gasteiger charge is -2.11. The summed E-state index contributed by atoms with van der Waals surface area (Å²) in [7, 11) is 0. The van der Waals surface area contributed by atoms with Crippen LogP contribution in [0.1, 0.15) is 10.4 Å². The van der Waals surface area contributed by atoms with Crippen LogP contribution in [0.3, 0.4) is 0 Å². The molecule has 6 heteroatoms. The first-order chi connectivity index (χ1) is 9.61. The standard InChI is InChI=1S/C14H14BrN3OS/c15-13-2-1-9(20-13)3-4-17-12-7-11-8(5-10(12)16)6-14(19)18-11/h1-2,5,7,17H,3-4,6,16H2,(H,18,19). The molecule has 2 heterocycles. The molecule has 1 amide bonds. The third kappa shape index (κ3) is 2.81. The maximum absolute atomic E-state index is 11.3. The predicted octanol–water partition coefficient (Wildman–Crippen LogP) is 3.24. The predicted molar refractivity (Wildman–Crippen MR) is 87.4 cm³/mol. The van der Waals surface area contributed by atoms with Crippen molar-refractivity contribution in [1.82, 2.24) is 0 Å². The van der Waals surface area contributed by atoms with Crippen LogP contribution in [0.2, 0.25) is 0 Å². The van der Waals surface area contributed by atoms with Crippen LogP contribution in [0.25, 0.3) is 0 Å². The van der Waals surface area contributed by atoms with E-state index >= 15 is 0 Å². The SMILES string of the molecule is Nc1cc2c(cc1NCCc1ccc(Br)s1)NC(=O)C2. The van der Waals surface area contributed by atoms with E-state index < -0.39 is 0 Å². The average molecular weight is 352 g/mol. The van der Waals surface area contributed by atoms with Crippen LogP contribution in [0.4, 0.5) is 17.1 Å². The van der Waals surface area contributed by atoms with Crippen molar-refractivity contribution in [3.63, 3.8) is 0 Å². The second-order valence-electron chi connectivity index (χ2n) is 4.70. The molecule has 1 aliphatic heterocycles. The van der Waals surface area contributed by atoms with Crippen LogP contribution in [0.15, 0.2) is 28.1 Å². The number of hydrogen-bond donors (Lipinski definition) is 3. The quantitative estimate of drug-likeness (QED) is 0.740. The number of benzene rings is 1. The smallest absolute Gasteiger partial charge is 0.228 e. The summed E-state index contributed by atoms with van der Waals surface area (Å²) in [5.41, 5.74) is 9.42. The number of rotatable bonds is 4. The summed E-state index contributed by atoms with van der Waals surface area (Å²) in [5, 5.41) is 6.17. The number of nitrogen functional groups attached to an aromatic ring is 1. The minimum Gasteiger partial charge on any atom is -0.397 e. The van der Waals surface area contributed by atoms with Crippen LogP contribution < -0.4 is 16.4 Å². The molecule has 0 atom stereocenters. The van der Waals surface area contributed by atoms with Gasteiger partial charge in [-0.2, -0.15) is 0 Å². The van der Waals surface area contributed by atoms with Gasteiger partial charge in [0.2, 0.25) is 5.91 Å². The molecule has 0 spiro atoms. The van der Waals surface area contributed by atoms with E-state index in [0.717, 1.165) is 33.7 Å². The summed E-state index contributed by atoms with van der Waals surface area (Å²) in [6.07, 6.45) is 1.36. The fourth-order valence-electron chi connectivity index (χ4n) is 2.25. The summed E-state index contributed by atoms with van der Waals surface area (Å²) < 4.78 is 1.15. The molecule has 0 saturated carbocycles. The minimum atomic E-state index is 0.0278. The number of carbonyl (C=O) groups is 1. The van der Waals surface area contributed by atoms with Gasteiger partial charge in [-0.25, -0.2) is 0 Å². The maximum atomic E-state index is 11.3. The number of hydrogen-bond acceptors (Lipinski definition) is 4. The molecule has 1 aromatic carbocycles. The van der Waals surface area contributed by atoms with Crippen LogP contribution >= 0.6 is 27.3 Å². The topological polar surface area (TPSA) is 67.2 Å². The highest BCUT2D eigenvalue weighted by Crippen LogP contribution is 2.31. The molecule has 0 saturated heterocycles. The van der Waals surface area contributed by atoms with Crippen molar-refractivity contribution in [3.8, 4) is 0 Å². The first-order valence-corrected chi connectivity index (χ1v) is 7.93. The zero-order chi connectivity index (χ0) is 14.1. The second-order valence-corrected chi connectivity index (χ2v) is 7.25. The molecular formula is C14H14BrN3OS. The van der Waals surface area contributed by atoms with Gasteiger partial charge in [-0.05, 0) is 52.2 Å². The maximum Gasteiger partial charge on any atom is 0.228 e. The molecule has 0 aliphatic carbocycles. The molecule has 1 aliphatic rings. The highest BCUT2D eigenvalue weighted by Gasteiger charge is 2.19. The molecule has 4 N–H and O–H groups in total. The van der Waals surface area contributed by atoms with E-state index in [1.807, 2.05) is 12.1 Å². The van der Waals surface area contributed by atoms with Crippen molar-refractivity contribution in [3.05, 3.63) is 38.5 Å². The Labute approximate surface area is 129 Å². The van der Waals surface area contributed by atoms with Gasteiger partial charge in [0.1, 0.15) is 0 Å². The van der Waals surface area contributed by atoms with Crippen molar-refractivity contribution >= 4 is 50.2 Å². The summed E-state index contributed by atoms with van der Waals surface area (Å²) in [6, 6.07) is 7.96. The zero-order valence-electron chi connectivity index (χ0n) is 10.7.